The van der Waals surface area contributed by atoms with Crippen LogP contribution in [0, 0.1) is 0 Å². The average molecular weight is 348 g/mol. The van der Waals surface area contributed by atoms with Crippen LogP contribution in [0.15, 0.2) is 27.6 Å². The van der Waals surface area contributed by atoms with E-state index in [0.29, 0.717) is 5.92 Å². The second-order valence-electron chi connectivity index (χ2n) is 6.09. The Morgan fingerprint density at radius 2 is 1.90 bits per heavy atom. The highest BCUT2D eigenvalue weighted by molar-refractivity contribution is 9.10. The van der Waals surface area contributed by atoms with Gasteiger partial charge in [-0.2, -0.15) is 0 Å². The molecule has 1 saturated carbocycles. The maximum atomic E-state index is 12.5. The van der Waals surface area contributed by atoms with Gasteiger partial charge in [-0.15, -0.1) is 0 Å². The van der Waals surface area contributed by atoms with Gasteiger partial charge in [0.15, 0.2) is 5.65 Å². The topological polar surface area (TPSA) is 37.6 Å². The third-order valence-electron chi connectivity index (χ3n) is 4.45. The molecule has 1 saturated heterocycles. The zero-order valence-corrected chi connectivity index (χ0v) is 13.5. The van der Waals surface area contributed by atoms with Crippen molar-refractivity contribution in [3.63, 3.8) is 0 Å². The van der Waals surface area contributed by atoms with Gasteiger partial charge in [0.05, 0.1) is 4.47 Å². The number of hydrogen-bond donors (Lipinski definition) is 0. The average Bonchev–Trinajstić information content (AvgIpc) is 3.33. The van der Waals surface area contributed by atoms with Crippen LogP contribution in [0.5, 0.6) is 0 Å². The molecule has 1 aliphatic heterocycles. The third kappa shape index (κ3) is 2.48. The summed E-state index contributed by atoms with van der Waals surface area (Å²) < 4.78 is 2.61. The van der Waals surface area contributed by atoms with Gasteiger partial charge in [0, 0.05) is 25.4 Å². The molecule has 0 radical (unpaired) electrons. The van der Waals surface area contributed by atoms with Crippen molar-refractivity contribution in [2.75, 3.05) is 18.0 Å². The summed E-state index contributed by atoms with van der Waals surface area (Å²) in [6, 6.07) is 3.81. The Balaban J connectivity index is 1.83. The molecular weight excluding hydrogens is 330 g/mol. The molecule has 0 N–H and O–H groups in total. The van der Waals surface area contributed by atoms with Crippen LogP contribution in [0.1, 0.15) is 43.6 Å². The molecule has 2 aromatic rings. The summed E-state index contributed by atoms with van der Waals surface area (Å²) in [6.45, 7) is 2.00. The fourth-order valence-corrected chi connectivity index (χ4v) is 3.64. The highest BCUT2D eigenvalue weighted by atomic mass is 79.9. The van der Waals surface area contributed by atoms with Crippen LogP contribution < -0.4 is 10.5 Å². The van der Waals surface area contributed by atoms with Crippen LogP contribution in [-0.4, -0.2) is 22.5 Å². The number of anilines is 1. The second kappa shape index (κ2) is 5.13. The van der Waals surface area contributed by atoms with E-state index in [9.17, 15) is 4.79 Å². The smallest absolute Gasteiger partial charge is 0.259 e. The molecule has 21 heavy (non-hydrogen) atoms. The van der Waals surface area contributed by atoms with Gasteiger partial charge in [-0.05, 0) is 65.6 Å². The van der Waals surface area contributed by atoms with Gasteiger partial charge in [-0.1, -0.05) is 0 Å². The first-order valence-corrected chi connectivity index (χ1v) is 8.49. The SMILES string of the molecule is O=c1cc(N2CCCCC2)nc2c(Br)cc(C3CC3)cn12. The Kier molecular flexibility index (Phi) is 3.25. The van der Waals surface area contributed by atoms with E-state index in [1.165, 1.54) is 37.7 Å². The van der Waals surface area contributed by atoms with Crippen molar-refractivity contribution in [2.24, 2.45) is 0 Å². The Morgan fingerprint density at radius 1 is 1.14 bits per heavy atom. The lowest BCUT2D eigenvalue weighted by molar-refractivity contribution is 0.573. The molecule has 5 heteroatoms. The predicted molar refractivity (Wildman–Crippen MR) is 87.2 cm³/mol. The number of rotatable bonds is 2. The monoisotopic (exact) mass is 347 g/mol. The summed E-state index contributed by atoms with van der Waals surface area (Å²) in [5.74, 6) is 1.44. The van der Waals surface area contributed by atoms with Crippen molar-refractivity contribution >= 4 is 27.4 Å². The summed E-state index contributed by atoms with van der Waals surface area (Å²) >= 11 is 3.60. The van der Waals surface area contributed by atoms with E-state index in [1.807, 2.05) is 6.20 Å². The Bertz CT molecular complexity index is 745. The molecule has 2 fully saturated rings. The summed E-state index contributed by atoms with van der Waals surface area (Å²) in [4.78, 5) is 19.4. The summed E-state index contributed by atoms with van der Waals surface area (Å²) in [7, 11) is 0. The lowest BCUT2D eigenvalue weighted by Gasteiger charge is -2.27. The molecule has 0 aromatic carbocycles. The van der Waals surface area contributed by atoms with Crippen molar-refractivity contribution in [3.05, 3.63) is 38.7 Å². The normalized spacial score (nSPS) is 19.2. The van der Waals surface area contributed by atoms with Gasteiger partial charge < -0.3 is 4.90 Å². The molecule has 0 bridgehead atoms. The number of fused-ring (bicyclic) bond motifs is 1. The van der Waals surface area contributed by atoms with Crippen LogP contribution >= 0.6 is 15.9 Å². The molecule has 4 nitrogen and oxygen atoms in total. The highest BCUT2D eigenvalue weighted by Crippen LogP contribution is 2.41. The summed E-state index contributed by atoms with van der Waals surface area (Å²) in [5.41, 5.74) is 1.99. The fourth-order valence-electron chi connectivity index (χ4n) is 3.09. The van der Waals surface area contributed by atoms with Gasteiger partial charge in [0.25, 0.3) is 5.56 Å². The van der Waals surface area contributed by atoms with Crippen LogP contribution in [0.4, 0.5) is 5.82 Å². The minimum Gasteiger partial charge on any atom is -0.356 e. The molecular formula is C16H18BrN3O. The molecule has 2 aliphatic rings. The van der Waals surface area contributed by atoms with Crippen molar-refractivity contribution in [1.82, 2.24) is 9.38 Å². The van der Waals surface area contributed by atoms with Gasteiger partial charge in [-0.3, -0.25) is 9.20 Å². The van der Waals surface area contributed by atoms with Gasteiger partial charge in [-0.25, -0.2) is 4.98 Å². The lowest BCUT2D eigenvalue weighted by atomic mass is 10.1. The van der Waals surface area contributed by atoms with E-state index in [-0.39, 0.29) is 5.56 Å². The van der Waals surface area contributed by atoms with E-state index in [0.717, 1.165) is 29.0 Å². The first-order chi connectivity index (χ1) is 10.2. The number of aromatic nitrogens is 2. The second-order valence-corrected chi connectivity index (χ2v) is 6.94. The maximum absolute atomic E-state index is 12.5. The van der Waals surface area contributed by atoms with Crippen molar-refractivity contribution in [2.45, 2.75) is 38.0 Å². The van der Waals surface area contributed by atoms with E-state index in [2.05, 4.69) is 26.9 Å². The highest BCUT2D eigenvalue weighted by Gasteiger charge is 2.25. The van der Waals surface area contributed by atoms with Crippen molar-refractivity contribution < 1.29 is 0 Å². The first kappa shape index (κ1) is 13.3. The van der Waals surface area contributed by atoms with Crippen LogP contribution in [0.3, 0.4) is 0 Å². The lowest BCUT2D eigenvalue weighted by Crippen LogP contribution is -2.31. The largest absolute Gasteiger partial charge is 0.356 e. The molecule has 0 unspecified atom stereocenters. The van der Waals surface area contributed by atoms with Crippen LogP contribution in [0.25, 0.3) is 5.65 Å². The molecule has 2 aromatic heterocycles. The van der Waals surface area contributed by atoms with E-state index < -0.39 is 0 Å². The molecule has 4 rings (SSSR count). The first-order valence-electron chi connectivity index (χ1n) is 7.70. The minimum absolute atomic E-state index is 0.0174. The number of pyridine rings is 1. The van der Waals surface area contributed by atoms with Gasteiger partial charge in [0.2, 0.25) is 0 Å². The summed E-state index contributed by atoms with van der Waals surface area (Å²) in [5, 5.41) is 0. The summed E-state index contributed by atoms with van der Waals surface area (Å²) in [6.07, 6.45) is 8.06. The number of piperidine rings is 1. The van der Waals surface area contributed by atoms with E-state index in [1.54, 1.807) is 10.5 Å². The molecule has 0 amide bonds. The molecule has 3 heterocycles. The molecule has 1 aliphatic carbocycles. The number of hydrogen-bond acceptors (Lipinski definition) is 3. The Labute approximate surface area is 131 Å². The number of halogens is 1. The van der Waals surface area contributed by atoms with Gasteiger partial charge >= 0.3 is 0 Å². The van der Waals surface area contributed by atoms with Crippen LogP contribution in [-0.2, 0) is 0 Å². The van der Waals surface area contributed by atoms with E-state index >= 15 is 0 Å². The van der Waals surface area contributed by atoms with E-state index in [4.69, 9.17) is 4.98 Å². The maximum Gasteiger partial charge on any atom is 0.259 e. The minimum atomic E-state index is 0.0174. The molecule has 0 atom stereocenters. The standard InChI is InChI=1S/C16H18BrN3O/c17-13-8-12(11-4-5-11)10-20-15(21)9-14(18-16(13)20)19-6-2-1-3-7-19/h8-11H,1-7H2. The zero-order chi connectivity index (χ0) is 14.4. The van der Waals surface area contributed by atoms with Crippen molar-refractivity contribution in [1.29, 1.82) is 0 Å². The van der Waals surface area contributed by atoms with Crippen LogP contribution in [0.2, 0.25) is 0 Å². The van der Waals surface area contributed by atoms with Crippen molar-refractivity contribution in [3.8, 4) is 0 Å². The Morgan fingerprint density at radius 3 is 2.62 bits per heavy atom. The third-order valence-corrected chi connectivity index (χ3v) is 5.04. The predicted octanol–water partition coefficient (Wildman–Crippen LogP) is 3.32. The zero-order valence-electron chi connectivity index (χ0n) is 11.9. The molecule has 110 valence electrons. The Hall–Kier alpha value is -1.36. The number of nitrogens with zero attached hydrogens (tertiary/aromatic N) is 3. The molecule has 0 spiro atoms. The quantitative estimate of drug-likeness (QED) is 0.836. The fraction of sp³-hybridized carbons (Fsp3) is 0.500. The van der Waals surface area contributed by atoms with Gasteiger partial charge in [0.1, 0.15) is 5.82 Å².